The van der Waals surface area contributed by atoms with E-state index in [1.54, 1.807) is 6.92 Å². The molecule has 0 aliphatic carbocycles. The first-order valence-corrected chi connectivity index (χ1v) is 5.26. The van der Waals surface area contributed by atoms with E-state index in [1.165, 1.54) is 6.07 Å². The zero-order valence-corrected chi connectivity index (χ0v) is 10.4. The summed E-state index contributed by atoms with van der Waals surface area (Å²) in [6.45, 7) is 1.55. The van der Waals surface area contributed by atoms with Crippen LogP contribution in [0.3, 0.4) is 0 Å². The van der Waals surface area contributed by atoms with Gasteiger partial charge in [-0.15, -0.1) is 0 Å². The number of hydrogen-bond acceptors (Lipinski definition) is 1. The van der Waals surface area contributed by atoms with Gasteiger partial charge in [-0.2, -0.15) is 8.78 Å². The van der Waals surface area contributed by atoms with Crippen molar-refractivity contribution in [3.8, 4) is 0 Å². The van der Waals surface area contributed by atoms with Gasteiger partial charge < -0.3 is 0 Å². The topological polar surface area (TPSA) is 17.1 Å². The van der Waals surface area contributed by atoms with Crippen LogP contribution in [0.5, 0.6) is 0 Å². The molecule has 0 radical (unpaired) electrons. The highest BCUT2D eigenvalue weighted by Crippen LogP contribution is 2.32. The van der Waals surface area contributed by atoms with Crippen molar-refractivity contribution >= 4 is 40.0 Å². The van der Waals surface area contributed by atoms with Gasteiger partial charge in [0.2, 0.25) is 5.78 Å². The number of halogens is 5. The second kappa shape index (κ2) is 4.29. The molecule has 0 amide bonds. The van der Waals surface area contributed by atoms with E-state index in [-0.39, 0.29) is 5.02 Å². The van der Waals surface area contributed by atoms with Crippen molar-refractivity contribution in [3.05, 3.63) is 34.1 Å². The number of benzene rings is 1. The summed E-state index contributed by atoms with van der Waals surface area (Å²) in [6.07, 6.45) is 0. The third kappa shape index (κ3) is 2.84. The molecule has 0 aromatic heterocycles. The normalized spacial score (nSPS) is 11.6. The highest BCUT2D eigenvalue weighted by Gasteiger charge is 2.38. The first-order chi connectivity index (χ1) is 6.73. The first kappa shape index (κ1) is 12.8. The van der Waals surface area contributed by atoms with E-state index in [2.05, 4.69) is 0 Å². The summed E-state index contributed by atoms with van der Waals surface area (Å²) in [7, 11) is 0. The van der Waals surface area contributed by atoms with Gasteiger partial charge in [-0.05, 0) is 24.6 Å². The zero-order valence-electron chi connectivity index (χ0n) is 7.45. The molecule has 0 aliphatic rings. The molecule has 0 bridgehead atoms. The second-order valence-electron chi connectivity index (χ2n) is 2.93. The van der Waals surface area contributed by atoms with Crippen LogP contribution in [0.4, 0.5) is 13.2 Å². The van der Waals surface area contributed by atoms with E-state index < -0.39 is 21.1 Å². The molecule has 1 rings (SSSR count). The molecule has 0 aliphatic heterocycles. The number of alkyl halides is 3. The van der Waals surface area contributed by atoms with Crippen LogP contribution in [0.15, 0.2) is 12.1 Å². The Morgan fingerprint density at radius 2 is 2.00 bits per heavy atom. The molecule has 0 saturated carbocycles. The Morgan fingerprint density at radius 3 is 2.40 bits per heavy atom. The Kier molecular flexibility index (Phi) is 3.65. The number of rotatable bonds is 2. The van der Waals surface area contributed by atoms with Crippen molar-refractivity contribution in [1.29, 1.82) is 0 Å². The second-order valence-corrected chi connectivity index (χ2v) is 4.69. The summed E-state index contributed by atoms with van der Waals surface area (Å²) >= 11 is 6.18. The van der Waals surface area contributed by atoms with Crippen LogP contribution in [-0.4, -0.2) is 9.71 Å². The quantitative estimate of drug-likeness (QED) is 0.449. The molecule has 0 atom stereocenters. The minimum Gasteiger partial charge on any atom is -0.286 e. The lowest BCUT2D eigenvalue weighted by Gasteiger charge is -2.10. The molecule has 0 unspecified atom stereocenters. The van der Waals surface area contributed by atoms with Crippen molar-refractivity contribution in [2.45, 2.75) is 10.9 Å². The van der Waals surface area contributed by atoms with Gasteiger partial charge in [-0.1, -0.05) is 11.6 Å². The monoisotopic (exact) mass is 348 g/mol. The van der Waals surface area contributed by atoms with E-state index in [0.717, 1.165) is 6.07 Å². The first-order valence-electron chi connectivity index (χ1n) is 3.80. The molecule has 0 saturated heterocycles. The number of aryl methyl sites for hydroxylation is 1. The summed E-state index contributed by atoms with van der Waals surface area (Å²) in [5, 5.41) is -0.297. The van der Waals surface area contributed by atoms with Crippen LogP contribution >= 0.6 is 34.2 Å². The van der Waals surface area contributed by atoms with Crippen molar-refractivity contribution in [2.24, 2.45) is 0 Å². The maximum Gasteiger partial charge on any atom is 0.358 e. The largest absolute Gasteiger partial charge is 0.358 e. The number of hydrogen-bond donors (Lipinski definition) is 0. The number of carbonyl (C=O) groups is 1. The number of Topliss-reactive ketones (excluding diaryl/α,β-unsaturated/α-hetero) is 1. The summed E-state index contributed by atoms with van der Waals surface area (Å²) < 4.78 is 34.9. The van der Waals surface area contributed by atoms with Crippen LogP contribution < -0.4 is 0 Å². The van der Waals surface area contributed by atoms with E-state index in [9.17, 15) is 18.0 Å². The predicted molar refractivity (Wildman–Crippen MR) is 59.4 cm³/mol. The van der Waals surface area contributed by atoms with Crippen molar-refractivity contribution in [3.63, 3.8) is 0 Å². The van der Waals surface area contributed by atoms with Gasteiger partial charge in [0.1, 0.15) is 5.82 Å². The Morgan fingerprint density at radius 1 is 1.47 bits per heavy atom. The van der Waals surface area contributed by atoms with Gasteiger partial charge in [0.05, 0.1) is 10.6 Å². The standard InChI is InChI=1S/C9H5ClF3IO/c1-4-2-5(10)7(6(11)3-4)8(15)9(12,13)14/h2-3H,1H3. The molecule has 0 fully saturated rings. The molecule has 82 valence electrons. The predicted octanol–water partition coefficient (Wildman–Crippen LogP) is 4.00. The van der Waals surface area contributed by atoms with Gasteiger partial charge in [0.25, 0.3) is 0 Å². The average molecular weight is 348 g/mol. The molecule has 0 heterocycles. The molecule has 6 heteroatoms. The lowest BCUT2D eigenvalue weighted by atomic mass is 10.1. The molecule has 15 heavy (non-hydrogen) atoms. The molecular formula is C9H5ClF3IO. The SMILES string of the molecule is Cc1cc(F)c(C(=O)C(F)(F)I)c(Cl)c1. The van der Waals surface area contributed by atoms with Gasteiger partial charge in [0, 0.05) is 22.6 Å². The molecule has 1 aromatic carbocycles. The maximum atomic E-state index is 13.3. The molecule has 0 N–H and O–H groups in total. The van der Waals surface area contributed by atoms with Crippen LogP contribution in [0, 0.1) is 12.7 Å². The third-order valence-corrected chi connectivity index (χ3v) is 2.46. The Balaban J connectivity index is 3.33. The summed E-state index contributed by atoms with van der Waals surface area (Å²) in [5.41, 5.74) is -0.299. The summed E-state index contributed by atoms with van der Waals surface area (Å²) in [4.78, 5) is 11.1. The molecule has 0 spiro atoms. The van der Waals surface area contributed by atoms with Gasteiger partial charge >= 0.3 is 3.93 Å². The van der Waals surface area contributed by atoms with Crippen LogP contribution in [0.1, 0.15) is 15.9 Å². The third-order valence-electron chi connectivity index (χ3n) is 1.67. The minimum absolute atomic E-state index is 0.297. The van der Waals surface area contributed by atoms with E-state index >= 15 is 0 Å². The van der Waals surface area contributed by atoms with Gasteiger partial charge in [-0.3, -0.25) is 4.79 Å². The minimum atomic E-state index is -3.66. The Labute approximate surface area is 103 Å². The van der Waals surface area contributed by atoms with E-state index in [0.29, 0.717) is 28.2 Å². The summed E-state index contributed by atoms with van der Waals surface area (Å²) in [6, 6.07) is 2.25. The fraction of sp³-hybridized carbons (Fsp3) is 0.222. The lowest BCUT2D eigenvalue weighted by molar-refractivity contribution is 0.0622. The van der Waals surface area contributed by atoms with Crippen LogP contribution in [-0.2, 0) is 0 Å². The van der Waals surface area contributed by atoms with Gasteiger partial charge in [-0.25, -0.2) is 4.39 Å². The fourth-order valence-electron chi connectivity index (χ4n) is 1.06. The Bertz CT molecular complexity index is 391. The van der Waals surface area contributed by atoms with Crippen molar-refractivity contribution in [1.82, 2.24) is 0 Å². The zero-order chi connectivity index (χ0) is 11.8. The number of ketones is 1. The smallest absolute Gasteiger partial charge is 0.286 e. The fourth-order valence-corrected chi connectivity index (χ4v) is 1.68. The van der Waals surface area contributed by atoms with Crippen LogP contribution in [0.2, 0.25) is 5.02 Å². The summed E-state index contributed by atoms with van der Waals surface area (Å²) in [5.74, 6) is -2.65. The van der Waals surface area contributed by atoms with Crippen molar-refractivity contribution in [2.75, 3.05) is 0 Å². The highest BCUT2D eigenvalue weighted by atomic mass is 127. The average Bonchev–Trinajstić information content (AvgIpc) is 1.99. The molecular weight excluding hydrogens is 343 g/mol. The maximum absolute atomic E-state index is 13.3. The van der Waals surface area contributed by atoms with E-state index in [4.69, 9.17) is 11.6 Å². The lowest BCUT2D eigenvalue weighted by Crippen LogP contribution is -2.22. The van der Waals surface area contributed by atoms with Gasteiger partial charge in [0.15, 0.2) is 0 Å². The van der Waals surface area contributed by atoms with E-state index in [1.807, 2.05) is 0 Å². The Hall–Kier alpha value is -0.300. The van der Waals surface area contributed by atoms with Crippen LogP contribution in [0.25, 0.3) is 0 Å². The van der Waals surface area contributed by atoms with Crippen molar-refractivity contribution < 1.29 is 18.0 Å². The molecule has 1 aromatic rings. The number of carbonyl (C=O) groups excluding carboxylic acids is 1. The highest BCUT2D eigenvalue weighted by molar-refractivity contribution is 14.1. The molecule has 1 nitrogen and oxygen atoms in total.